The lowest BCUT2D eigenvalue weighted by Crippen LogP contribution is -2.33. The smallest absolute Gasteiger partial charge is 0.0292 e. The molecule has 0 saturated heterocycles. The molecule has 0 atom stereocenters. The van der Waals surface area contributed by atoms with Crippen molar-refractivity contribution in [3.05, 3.63) is 22.4 Å². The fraction of sp³-hybridized carbons (Fsp3) is 0.667. The Bertz CT molecular complexity index is 278. The maximum Gasteiger partial charge on any atom is 0.0292 e. The molecule has 1 N–H and O–H groups in total. The molecule has 0 amide bonds. The van der Waals surface area contributed by atoms with Crippen LogP contribution in [0.4, 0.5) is 0 Å². The van der Waals surface area contributed by atoms with Gasteiger partial charge in [0, 0.05) is 19.0 Å². The number of nitrogens with one attached hydrogen (secondary N) is 1. The van der Waals surface area contributed by atoms with Crippen molar-refractivity contribution in [1.82, 2.24) is 5.32 Å². The fourth-order valence-electron chi connectivity index (χ4n) is 2.35. The summed E-state index contributed by atoms with van der Waals surface area (Å²) in [4.78, 5) is 0. The number of alkyl halides is 1. The Hall–Kier alpha value is -0.0500. The Balaban J connectivity index is 1.77. The largest absolute Gasteiger partial charge is 0.312 e. The quantitative estimate of drug-likeness (QED) is 0.779. The van der Waals surface area contributed by atoms with Crippen molar-refractivity contribution in [3.8, 4) is 0 Å². The first-order valence-corrected chi connectivity index (χ1v) is 7.10. The van der Waals surface area contributed by atoms with E-state index in [1.165, 1.54) is 31.2 Å². The average Bonchev–Trinajstić information content (AvgIpc) is 2.89. The van der Waals surface area contributed by atoms with Gasteiger partial charge in [0.2, 0.25) is 0 Å². The van der Waals surface area contributed by atoms with Gasteiger partial charge in [0.1, 0.15) is 0 Å². The predicted molar refractivity (Wildman–Crippen MR) is 67.6 cm³/mol. The van der Waals surface area contributed by atoms with E-state index in [0.29, 0.717) is 5.41 Å². The number of hydrogen-bond donors (Lipinski definition) is 1. The Morgan fingerprint density at radius 2 is 2.20 bits per heavy atom. The summed E-state index contributed by atoms with van der Waals surface area (Å²) >= 11 is 7.85. The van der Waals surface area contributed by atoms with Crippen molar-refractivity contribution in [2.45, 2.75) is 32.2 Å². The summed E-state index contributed by atoms with van der Waals surface area (Å²) in [6, 6.07) is 2.18. The molecule has 1 aliphatic rings. The van der Waals surface area contributed by atoms with Crippen molar-refractivity contribution in [1.29, 1.82) is 0 Å². The van der Waals surface area contributed by atoms with Crippen LogP contribution in [0.5, 0.6) is 0 Å². The first-order chi connectivity index (χ1) is 7.35. The maximum absolute atomic E-state index is 6.09. The summed E-state index contributed by atoms with van der Waals surface area (Å²) in [7, 11) is 0. The van der Waals surface area contributed by atoms with Gasteiger partial charge in [-0.05, 0) is 40.6 Å². The number of halogens is 1. The van der Waals surface area contributed by atoms with E-state index in [4.69, 9.17) is 11.6 Å². The second kappa shape index (κ2) is 5.33. The Morgan fingerprint density at radius 3 is 2.80 bits per heavy atom. The summed E-state index contributed by atoms with van der Waals surface area (Å²) in [5, 5.41) is 7.88. The highest BCUT2D eigenvalue weighted by atomic mass is 35.5. The molecule has 15 heavy (non-hydrogen) atoms. The van der Waals surface area contributed by atoms with Gasteiger partial charge >= 0.3 is 0 Å². The minimum Gasteiger partial charge on any atom is -0.312 e. The highest BCUT2D eigenvalue weighted by Crippen LogP contribution is 2.38. The zero-order valence-electron chi connectivity index (χ0n) is 8.97. The highest BCUT2D eigenvalue weighted by molar-refractivity contribution is 7.07. The zero-order chi connectivity index (χ0) is 10.6. The minimum absolute atomic E-state index is 0.386. The molecular weight excluding hydrogens is 226 g/mol. The van der Waals surface area contributed by atoms with Crippen molar-refractivity contribution < 1.29 is 0 Å². The molecule has 1 aromatic rings. The van der Waals surface area contributed by atoms with Gasteiger partial charge in [-0.25, -0.2) is 0 Å². The first kappa shape index (κ1) is 11.4. The first-order valence-electron chi connectivity index (χ1n) is 5.62. The summed E-state index contributed by atoms with van der Waals surface area (Å²) in [6.45, 7) is 2.06. The molecule has 0 radical (unpaired) electrons. The Labute approximate surface area is 101 Å². The number of hydrogen-bond acceptors (Lipinski definition) is 2. The van der Waals surface area contributed by atoms with Gasteiger partial charge in [-0.3, -0.25) is 0 Å². The molecule has 0 unspecified atom stereocenters. The predicted octanol–water partition coefficient (Wildman–Crippen LogP) is 3.64. The zero-order valence-corrected chi connectivity index (χ0v) is 10.5. The minimum atomic E-state index is 0.386. The molecular formula is C12H18ClNS. The summed E-state index contributed by atoms with van der Waals surface area (Å²) in [6.07, 6.45) is 5.31. The standard InChI is InChI=1S/C12H18ClNS/c13-9-12(4-1-2-5-12)10-14-7-11-3-6-15-8-11/h3,6,8,14H,1-2,4-5,7,9-10H2. The molecule has 1 fully saturated rings. The maximum atomic E-state index is 6.09. The third-order valence-electron chi connectivity index (χ3n) is 3.36. The molecule has 0 spiro atoms. The van der Waals surface area contributed by atoms with Gasteiger partial charge in [-0.2, -0.15) is 11.3 Å². The molecule has 1 saturated carbocycles. The van der Waals surface area contributed by atoms with Gasteiger partial charge in [-0.15, -0.1) is 11.6 Å². The number of thiophene rings is 1. The third-order valence-corrected chi connectivity index (χ3v) is 4.66. The molecule has 84 valence electrons. The normalized spacial score (nSPS) is 19.5. The van der Waals surface area contributed by atoms with Crippen LogP contribution in [0.15, 0.2) is 16.8 Å². The van der Waals surface area contributed by atoms with E-state index in [1.54, 1.807) is 11.3 Å². The van der Waals surface area contributed by atoms with Crippen LogP contribution in [-0.2, 0) is 6.54 Å². The van der Waals surface area contributed by atoms with E-state index >= 15 is 0 Å². The van der Waals surface area contributed by atoms with Gasteiger partial charge in [-0.1, -0.05) is 12.8 Å². The molecule has 1 nitrogen and oxygen atoms in total. The monoisotopic (exact) mass is 243 g/mol. The van der Waals surface area contributed by atoms with E-state index in [2.05, 4.69) is 22.1 Å². The third kappa shape index (κ3) is 2.96. The van der Waals surface area contributed by atoms with E-state index in [9.17, 15) is 0 Å². The SMILES string of the molecule is ClCC1(CNCc2ccsc2)CCCC1. The summed E-state index contributed by atoms with van der Waals surface area (Å²) in [5.41, 5.74) is 1.78. The van der Waals surface area contributed by atoms with Gasteiger partial charge in [0.05, 0.1) is 0 Å². The summed E-state index contributed by atoms with van der Waals surface area (Å²) in [5.74, 6) is 0.809. The highest BCUT2D eigenvalue weighted by Gasteiger charge is 2.32. The second-order valence-corrected chi connectivity index (χ2v) is 5.62. The molecule has 2 rings (SSSR count). The van der Waals surface area contributed by atoms with Crippen LogP contribution in [0.2, 0.25) is 0 Å². The van der Waals surface area contributed by atoms with Crippen LogP contribution in [0, 0.1) is 5.41 Å². The number of rotatable bonds is 5. The van der Waals surface area contributed by atoms with E-state index < -0.39 is 0 Å². The molecule has 1 heterocycles. The van der Waals surface area contributed by atoms with Crippen molar-refractivity contribution in [2.24, 2.45) is 5.41 Å². The van der Waals surface area contributed by atoms with E-state index in [-0.39, 0.29) is 0 Å². The average molecular weight is 244 g/mol. The summed E-state index contributed by atoms with van der Waals surface area (Å²) < 4.78 is 0. The molecule has 0 aliphatic heterocycles. The Kier molecular flexibility index (Phi) is 4.06. The van der Waals surface area contributed by atoms with Crippen molar-refractivity contribution in [3.63, 3.8) is 0 Å². The van der Waals surface area contributed by atoms with Crippen LogP contribution in [0.3, 0.4) is 0 Å². The molecule has 0 bridgehead atoms. The van der Waals surface area contributed by atoms with Crippen LogP contribution < -0.4 is 5.32 Å². The lowest BCUT2D eigenvalue weighted by atomic mass is 9.88. The molecule has 0 aromatic carbocycles. The lowest BCUT2D eigenvalue weighted by Gasteiger charge is -2.26. The van der Waals surface area contributed by atoms with Crippen LogP contribution in [0.25, 0.3) is 0 Å². The van der Waals surface area contributed by atoms with Crippen LogP contribution in [-0.4, -0.2) is 12.4 Å². The fourth-order valence-corrected chi connectivity index (χ4v) is 3.38. The van der Waals surface area contributed by atoms with Gasteiger partial charge in [0.15, 0.2) is 0 Å². The van der Waals surface area contributed by atoms with E-state index in [1.807, 2.05) is 0 Å². The van der Waals surface area contributed by atoms with Crippen molar-refractivity contribution in [2.75, 3.05) is 12.4 Å². The lowest BCUT2D eigenvalue weighted by molar-refractivity contribution is 0.320. The van der Waals surface area contributed by atoms with Crippen molar-refractivity contribution >= 4 is 22.9 Å². The van der Waals surface area contributed by atoms with E-state index in [0.717, 1.165) is 19.0 Å². The Morgan fingerprint density at radius 1 is 1.40 bits per heavy atom. The topological polar surface area (TPSA) is 12.0 Å². The van der Waals surface area contributed by atoms with Crippen LogP contribution >= 0.6 is 22.9 Å². The van der Waals surface area contributed by atoms with Gasteiger partial charge < -0.3 is 5.32 Å². The molecule has 1 aliphatic carbocycles. The van der Waals surface area contributed by atoms with Crippen LogP contribution in [0.1, 0.15) is 31.2 Å². The van der Waals surface area contributed by atoms with Gasteiger partial charge in [0.25, 0.3) is 0 Å². The molecule has 1 aromatic heterocycles. The second-order valence-electron chi connectivity index (χ2n) is 4.58. The molecule has 3 heteroatoms.